The lowest BCUT2D eigenvalue weighted by Crippen LogP contribution is -2.20. The van der Waals surface area contributed by atoms with E-state index in [2.05, 4.69) is 10.3 Å². The zero-order valence-electron chi connectivity index (χ0n) is 9.39. The van der Waals surface area contributed by atoms with Crippen LogP contribution in [0.3, 0.4) is 0 Å². The van der Waals surface area contributed by atoms with Crippen LogP contribution in [0.25, 0.3) is 10.2 Å². The van der Waals surface area contributed by atoms with Crippen molar-refractivity contribution in [2.24, 2.45) is 0 Å². The SMILES string of the molecule is O=S1(=O)CCC(Nc2nc3c(Cl)cccc3s2)C1. The average Bonchev–Trinajstić information content (AvgIpc) is 2.83. The van der Waals surface area contributed by atoms with E-state index >= 15 is 0 Å². The van der Waals surface area contributed by atoms with Crippen molar-refractivity contribution in [3.63, 3.8) is 0 Å². The third-order valence-corrected chi connectivity index (χ3v) is 5.95. The molecule has 0 amide bonds. The molecule has 3 rings (SSSR count). The van der Waals surface area contributed by atoms with Crippen molar-refractivity contribution in [1.29, 1.82) is 0 Å². The summed E-state index contributed by atoms with van der Waals surface area (Å²) in [5.41, 5.74) is 0.771. The minimum Gasteiger partial charge on any atom is -0.358 e. The van der Waals surface area contributed by atoms with Gasteiger partial charge in [0, 0.05) is 6.04 Å². The average molecular weight is 303 g/mol. The van der Waals surface area contributed by atoms with Crippen molar-refractivity contribution in [2.75, 3.05) is 16.8 Å². The van der Waals surface area contributed by atoms with Gasteiger partial charge in [0.15, 0.2) is 15.0 Å². The molecule has 0 radical (unpaired) electrons. The van der Waals surface area contributed by atoms with E-state index in [0.717, 1.165) is 15.3 Å². The smallest absolute Gasteiger partial charge is 0.184 e. The molecule has 1 fully saturated rings. The maximum atomic E-state index is 11.4. The normalized spacial score (nSPS) is 22.4. The van der Waals surface area contributed by atoms with Gasteiger partial charge in [0.25, 0.3) is 0 Å². The lowest BCUT2D eigenvalue weighted by atomic mass is 10.3. The number of fused-ring (bicyclic) bond motifs is 1. The number of hydrogen-bond donors (Lipinski definition) is 1. The van der Waals surface area contributed by atoms with Gasteiger partial charge in [0.05, 0.1) is 21.2 Å². The summed E-state index contributed by atoms with van der Waals surface area (Å²) in [6.07, 6.45) is 0.645. The fourth-order valence-electron chi connectivity index (χ4n) is 2.06. The Morgan fingerprint density at radius 1 is 1.44 bits per heavy atom. The van der Waals surface area contributed by atoms with Gasteiger partial charge < -0.3 is 5.32 Å². The first kappa shape index (κ1) is 12.2. The van der Waals surface area contributed by atoms with Crippen LogP contribution in [0.1, 0.15) is 6.42 Å². The summed E-state index contributed by atoms with van der Waals surface area (Å²) < 4.78 is 23.8. The molecule has 0 spiro atoms. The van der Waals surface area contributed by atoms with Gasteiger partial charge in [-0.1, -0.05) is 29.0 Å². The van der Waals surface area contributed by atoms with E-state index in [1.54, 1.807) is 6.07 Å². The molecule has 7 heteroatoms. The molecule has 1 aliphatic rings. The number of anilines is 1. The van der Waals surface area contributed by atoms with E-state index in [9.17, 15) is 8.42 Å². The van der Waals surface area contributed by atoms with Crippen molar-refractivity contribution >= 4 is 48.1 Å². The van der Waals surface area contributed by atoms with Gasteiger partial charge >= 0.3 is 0 Å². The lowest BCUT2D eigenvalue weighted by molar-refractivity contribution is 0.602. The molecule has 1 aromatic carbocycles. The fraction of sp³-hybridized carbons (Fsp3) is 0.364. The molecule has 0 bridgehead atoms. The highest BCUT2D eigenvalue weighted by Crippen LogP contribution is 2.31. The molecule has 2 heterocycles. The molecule has 2 aromatic rings. The van der Waals surface area contributed by atoms with Crippen LogP contribution in [0.15, 0.2) is 18.2 Å². The second-order valence-electron chi connectivity index (χ2n) is 4.35. The Morgan fingerprint density at radius 2 is 2.28 bits per heavy atom. The summed E-state index contributed by atoms with van der Waals surface area (Å²) >= 11 is 7.55. The van der Waals surface area contributed by atoms with Crippen LogP contribution < -0.4 is 5.32 Å². The number of nitrogens with one attached hydrogen (secondary N) is 1. The molecular weight excluding hydrogens is 292 g/mol. The number of aromatic nitrogens is 1. The van der Waals surface area contributed by atoms with Crippen LogP contribution in [-0.4, -0.2) is 30.9 Å². The predicted molar refractivity (Wildman–Crippen MR) is 75.3 cm³/mol. The number of halogens is 1. The largest absolute Gasteiger partial charge is 0.358 e. The van der Waals surface area contributed by atoms with Gasteiger partial charge in [-0.3, -0.25) is 0 Å². The molecule has 0 saturated carbocycles. The summed E-state index contributed by atoms with van der Waals surface area (Å²) in [5, 5.41) is 4.54. The summed E-state index contributed by atoms with van der Waals surface area (Å²) in [5.74, 6) is 0.451. The van der Waals surface area contributed by atoms with E-state index in [1.807, 2.05) is 12.1 Å². The predicted octanol–water partition coefficient (Wildman–Crippen LogP) is 2.55. The second kappa shape index (κ2) is 4.36. The summed E-state index contributed by atoms with van der Waals surface area (Å²) in [7, 11) is -2.87. The monoisotopic (exact) mass is 302 g/mol. The molecule has 1 atom stereocenters. The third-order valence-electron chi connectivity index (χ3n) is 2.93. The molecule has 1 unspecified atom stereocenters. The third kappa shape index (κ3) is 2.32. The van der Waals surface area contributed by atoms with E-state index in [4.69, 9.17) is 11.6 Å². The Labute approximate surface area is 114 Å². The topological polar surface area (TPSA) is 59.1 Å². The quantitative estimate of drug-likeness (QED) is 0.926. The number of hydrogen-bond acceptors (Lipinski definition) is 5. The molecule has 1 aromatic heterocycles. The number of nitrogens with zero attached hydrogens (tertiary/aromatic N) is 1. The molecule has 1 N–H and O–H groups in total. The van der Waals surface area contributed by atoms with Gasteiger partial charge in [-0.05, 0) is 18.6 Å². The minimum atomic E-state index is -2.87. The Bertz CT molecular complexity index is 696. The summed E-state index contributed by atoms with van der Waals surface area (Å²) in [6, 6.07) is 5.60. The van der Waals surface area contributed by atoms with Crippen LogP contribution in [-0.2, 0) is 9.84 Å². The zero-order valence-corrected chi connectivity index (χ0v) is 11.8. The molecular formula is C11H11ClN2O2S2. The Morgan fingerprint density at radius 3 is 2.94 bits per heavy atom. The number of para-hydroxylation sites is 1. The van der Waals surface area contributed by atoms with Gasteiger partial charge in [-0.25, -0.2) is 13.4 Å². The van der Waals surface area contributed by atoms with Crippen molar-refractivity contribution in [3.05, 3.63) is 23.2 Å². The maximum Gasteiger partial charge on any atom is 0.184 e. The lowest BCUT2D eigenvalue weighted by Gasteiger charge is -2.07. The highest BCUT2D eigenvalue weighted by molar-refractivity contribution is 7.91. The number of sulfone groups is 1. The van der Waals surface area contributed by atoms with Gasteiger partial charge in [-0.15, -0.1) is 0 Å². The highest BCUT2D eigenvalue weighted by atomic mass is 35.5. The van der Waals surface area contributed by atoms with E-state index in [1.165, 1.54) is 11.3 Å². The maximum absolute atomic E-state index is 11.4. The van der Waals surface area contributed by atoms with Gasteiger partial charge in [0.2, 0.25) is 0 Å². The fourth-order valence-corrected chi connectivity index (χ4v) is 4.98. The first-order valence-corrected chi connectivity index (χ1v) is 8.57. The zero-order chi connectivity index (χ0) is 12.8. The van der Waals surface area contributed by atoms with E-state index in [-0.39, 0.29) is 17.5 Å². The minimum absolute atomic E-state index is 0.0330. The van der Waals surface area contributed by atoms with Crippen molar-refractivity contribution in [3.8, 4) is 0 Å². The standard InChI is InChI=1S/C11H11ClN2O2S2/c12-8-2-1-3-9-10(8)14-11(17-9)13-7-4-5-18(15,16)6-7/h1-3,7H,4-6H2,(H,13,14). The van der Waals surface area contributed by atoms with Gasteiger partial charge in [-0.2, -0.15) is 0 Å². The molecule has 96 valence electrons. The van der Waals surface area contributed by atoms with Crippen molar-refractivity contribution < 1.29 is 8.42 Å². The van der Waals surface area contributed by atoms with Crippen LogP contribution >= 0.6 is 22.9 Å². The summed E-state index contributed by atoms with van der Waals surface area (Å²) in [6.45, 7) is 0. The Hall–Kier alpha value is -0.850. The van der Waals surface area contributed by atoms with E-state index < -0.39 is 9.84 Å². The number of rotatable bonds is 2. The molecule has 18 heavy (non-hydrogen) atoms. The van der Waals surface area contributed by atoms with Crippen molar-refractivity contribution in [2.45, 2.75) is 12.5 Å². The number of benzene rings is 1. The molecule has 4 nitrogen and oxygen atoms in total. The molecule has 1 saturated heterocycles. The number of thiazole rings is 1. The molecule has 1 aliphatic heterocycles. The van der Waals surface area contributed by atoms with Crippen LogP contribution in [0.5, 0.6) is 0 Å². The molecule has 0 aliphatic carbocycles. The van der Waals surface area contributed by atoms with Crippen LogP contribution in [0.2, 0.25) is 5.02 Å². The summed E-state index contributed by atoms with van der Waals surface area (Å²) in [4.78, 5) is 4.40. The second-order valence-corrected chi connectivity index (χ2v) is 8.02. The Balaban J connectivity index is 1.86. The van der Waals surface area contributed by atoms with E-state index in [0.29, 0.717) is 11.4 Å². The van der Waals surface area contributed by atoms with Crippen LogP contribution in [0.4, 0.5) is 5.13 Å². The Kier molecular flexibility index (Phi) is 2.96. The van der Waals surface area contributed by atoms with Crippen molar-refractivity contribution in [1.82, 2.24) is 4.98 Å². The van der Waals surface area contributed by atoms with Crippen LogP contribution in [0, 0.1) is 0 Å². The first-order valence-electron chi connectivity index (χ1n) is 5.55. The first-order chi connectivity index (χ1) is 8.53. The highest BCUT2D eigenvalue weighted by Gasteiger charge is 2.28. The van der Waals surface area contributed by atoms with Gasteiger partial charge in [0.1, 0.15) is 5.52 Å².